The molecule has 1 N–H and O–H groups in total. The number of amidine groups is 1. The smallest absolute Gasteiger partial charge is 0.256 e. The Balaban J connectivity index is 1.48. The molecule has 26 heavy (non-hydrogen) atoms. The summed E-state index contributed by atoms with van der Waals surface area (Å²) in [7, 11) is -1.80. The Morgan fingerprint density at radius 2 is 1.96 bits per heavy atom. The Labute approximate surface area is 151 Å². The van der Waals surface area contributed by atoms with E-state index in [4.69, 9.17) is 9.47 Å². The van der Waals surface area contributed by atoms with Gasteiger partial charge in [-0.2, -0.15) is 0 Å². The molecular formula is C17H19N3O5S. The molecule has 1 amide bonds. The lowest BCUT2D eigenvalue weighted by Crippen LogP contribution is -2.38. The number of amides is 1. The van der Waals surface area contributed by atoms with Gasteiger partial charge in [-0.25, -0.2) is 8.42 Å². The van der Waals surface area contributed by atoms with Gasteiger partial charge < -0.3 is 19.7 Å². The van der Waals surface area contributed by atoms with Crippen LogP contribution in [0.1, 0.15) is 0 Å². The van der Waals surface area contributed by atoms with Crippen molar-refractivity contribution in [3.63, 3.8) is 0 Å². The predicted octanol–water partition coefficient (Wildman–Crippen LogP) is 0.688. The van der Waals surface area contributed by atoms with Crippen LogP contribution in [0.4, 0.5) is 0 Å². The van der Waals surface area contributed by atoms with Crippen LogP contribution in [0.3, 0.4) is 0 Å². The van der Waals surface area contributed by atoms with E-state index >= 15 is 0 Å². The largest absolute Gasteiger partial charge is 0.497 e. The topological polar surface area (TPSA) is 97.3 Å². The molecule has 3 rings (SSSR count). The predicted molar refractivity (Wildman–Crippen MR) is 96.6 cm³/mol. The van der Waals surface area contributed by atoms with E-state index in [9.17, 15) is 13.2 Å². The van der Waals surface area contributed by atoms with Crippen molar-refractivity contribution in [2.75, 3.05) is 32.6 Å². The zero-order chi connectivity index (χ0) is 18.6. The molecule has 0 atom stereocenters. The maximum atomic E-state index is 12.2. The minimum Gasteiger partial charge on any atom is -0.497 e. The van der Waals surface area contributed by atoms with Crippen molar-refractivity contribution in [2.24, 2.45) is 4.40 Å². The fourth-order valence-corrected chi connectivity index (χ4v) is 3.41. The van der Waals surface area contributed by atoms with E-state index in [2.05, 4.69) is 9.71 Å². The molecule has 2 aliphatic rings. The molecule has 0 unspecified atom stereocenters. The van der Waals surface area contributed by atoms with Crippen LogP contribution in [0.25, 0.3) is 0 Å². The van der Waals surface area contributed by atoms with Gasteiger partial charge in [-0.3, -0.25) is 4.79 Å². The molecule has 0 aliphatic carbocycles. The summed E-state index contributed by atoms with van der Waals surface area (Å²) in [4.78, 5) is 13.9. The van der Waals surface area contributed by atoms with Crippen LogP contribution in [0.2, 0.25) is 0 Å². The van der Waals surface area contributed by atoms with Crippen molar-refractivity contribution in [1.29, 1.82) is 0 Å². The molecule has 9 heteroatoms. The Kier molecular flexibility index (Phi) is 5.27. The van der Waals surface area contributed by atoms with Crippen LogP contribution in [0.15, 0.2) is 52.6 Å². The van der Waals surface area contributed by atoms with Crippen molar-refractivity contribution in [3.05, 3.63) is 48.2 Å². The van der Waals surface area contributed by atoms with E-state index in [1.54, 1.807) is 48.6 Å². The number of ether oxygens (including phenoxy) is 2. The first-order valence-electron chi connectivity index (χ1n) is 8.01. The van der Waals surface area contributed by atoms with Crippen LogP contribution < -0.4 is 14.8 Å². The van der Waals surface area contributed by atoms with E-state index in [1.807, 2.05) is 0 Å². The first kappa shape index (κ1) is 18.0. The number of nitrogens with zero attached hydrogens (tertiary/aromatic N) is 2. The molecule has 0 bridgehead atoms. The molecule has 8 nitrogen and oxygen atoms in total. The summed E-state index contributed by atoms with van der Waals surface area (Å²) < 4.78 is 37.3. The van der Waals surface area contributed by atoms with Crippen molar-refractivity contribution < 1.29 is 22.7 Å². The first-order chi connectivity index (χ1) is 12.5. The SMILES string of the molecule is COc1ccc(OCCNC(=O)C2=CN3CCS(=O)(=O)N=C3C=C2)cc1. The lowest BCUT2D eigenvalue weighted by Gasteiger charge is -2.26. The number of nitrogens with one attached hydrogen (secondary N) is 1. The van der Waals surface area contributed by atoms with Crippen LogP contribution in [0.5, 0.6) is 11.5 Å². The third kappa shape index (κ3) is 4.42. The normalized spacial score (nSPS) is 17.7. The number of benzene rings is 1. The van der Waals surface area contributed by atoms with Gasteiger partial charge >= 0.3 is 0 Å². The van der Waals surface area contributed by atoms with E-state index in [-0.39, 0.29) is 18.2 Å². The maximum absolute atomic E-state index is 12.2. The number of carbonyl (C=O) groups excluding carboxylic acids is 1. The molecule has 0 radical (unpaired) electrons. The minimum absolute atomic E-state index is 0.0640. The van der Waals surface area contributed by atoms with E-state index in [0.29, 0.717) is 30.3 Å². The summed E-state index contributed by atoms with van der Waals surface area (Å²) in [5.41, 5.74) is 0.438. The molecule has 2 aliphatic heterocycles. The summed E-state index contributed by atoms with van der Waals surface area (Å²) in [6.45, 7) is 0.942. The van der Waals surface area contributed by atoms with Gasteiger partial charge in [-0.1, -0.05) is 0 Å². The maximum Gasteiger partial charge on any atom is 0.256 e. The lowest BCUT2D eigenvalue weighted by atomic mass is 10.2. The van der Waals surface area contributed by atoms with Crippen molar-refractivity contribution in [3.8, 4) is 11.5 Å². The van der Waals surface area contributed by atoms with Gasteiger partial charge in [0, 0.05) is 12.7 Å². The third-order valence-electron chi connectivity index (χ3n) is 3.80. The number of rotatable bonds is 6. The summed E-state index contributed by atoms with van der Waals surface area (Å²) in [6.07, 6.45) is 4.68. The highest BCUT2D eigenvalue weighted by atomic mass is 32.2. The Bertz CT molecular complexity index is 872. The molecule has 0 saturated heterocycles. The second-order valence-electron chi connectivity index (χ2n) is 5.63. The molecule has 138 valence electrons. The zero-order valence-electron chi connectivity index (χ0n) is 14.2. The van der Waals surface area contributed by atoms with Gasteiger partial charge in [-0.05, 0) is 36.4 Å². The third-order valence-corrected chi connectivity index (χ3v) is 4.97. The van der Waals surface area contributed by atoms with E-state index < -0.39 is 10.0 Å². The lowest BCUT2D eigenvalue weighted by molar-refractivity contribution is -0.117. The Hall–Kier alpha value is -2.81. The minimum atomic E-state index is -3.40. The zero-order valence-corrected chi connectivity index (χ0v) is 15.0. The first-order valence-corrected chi connectivity index (χ1v) is 9.62. The molecular weight excluding hydrogens is 358 g/mol. The summed E-state index contributed by atoms with van der Waals surface area (Å²) in [5.74, 6) is 1.44. The van der Waals surface area contributed by atoms with E-state index in [1.165, 1.54) is 6.08 Å². The molecule has 0 spiro atoms. The number of hydrogen-bond donors (Lipinski definition) is 1. The molecule has 1 aromatic carbocycles. The van der Waals surface area contributed by atoms with Crippen LogP contribution in [-0.2, 0) is 14.8 Å². The van der Waals surface area contributed by atoms with Crippen molar-refractivity contribution >= 4 is 21.8 Å². The summed E-state index contributed by atoms with van der Waals surface area (Å²) in [6, 6.07) is 7.17. The fraction of sp³-hybridized carbons (Fsp3) is 0.294. The molecule has 0 fully saturated rings. The van der Waals surface area contributed by atoms with Crippen LogP contribution in [0, 0.1) is 0 Å². The Morgan fingerprint density at radius 3 is 2.69 bits per heavy atom. The second kappa shape index (κ2) is 7.61. The highest BCUT2D eigenvalue weighted by molar-refractivity contribution is 7.90. The van der Waals surface area contributed by atoms with Gasteiger partial charge in [0.05, 0.1) is 25.0 Å². The Morgan fingerprint density at radius 1 is 1.23 bits per heavy atom. The summed E-state index contributed by atoms with van der Waals surface area (Å²) in [5, 5.41) is 2.76. The highest BCUT2D eigenvalue weighted by Gasteiger charge is 2.24. The molecule has 1 aromatic rings. The van der Waals surface area contributed by atoms with Gasteiger partial charge in [0.15, 0.2) is 0 Å². The average molecular weight is 377 g/mol. The number of hydrogen-bond acceptors (Lipinski definition) is 6. The second-order valence-corrected chi connectivity index (χ2v) is 7.38. The van der Waals surface area contributed by atoms with Crippen LogP contribution in [-0.4, -0.2) is 57.6 Å². The van der Waals surface area contributed by atoms with Gasteiger partial charge in [-0.15, -0.1) is 4.40 Å². The van der Waals surface area contributed by atoms with Gasteiger partial charge in [0.1, 0.15) is 23.9 Å². The number of sulfonamides is 1. The van der Waals surface area contributed by atoms with Crippen molar-refractivity contribution in [1.82, 2.24) is 10.2 Å². The average Bonchev–Trinajstić information content (AvgIpc) is 2.64. The highest BCUT2D eigenvalue weighted by Crippen LogP contribution is 2.17. The quantitative estimate of drug-likeness (QED) is 0.733. The number of carbonyl (C=O) groups is 1. The number of fused-ring (bicyclic) bond motifs is 1. The monoisotopic (exact) mass is 377 g/mol. The summed E-state index contributed by atoms with van der Waals surface area (Å²) >= 11 is 0. The molecule has 0 saturated carbocycles. The van der Waals surface area contributed by atoms with E-state index in [0.717, 1.165) is 5.75 Å². The molecule has 2 heterocycles. The van der Waals surface area contributed by atoms with Crippen molar-refractivity contribution in [2.45, 2.75) is 0 Å². The van der Waals surface area contributed by atoms with Gasteiger partial charge in [0.25, 0.3) is 15.9 Å². The van der Waals surface area contributed by atoms with Gasteiger partial charge in [0.2, 0.25) is 0 Å². The van der Waals surface area contributed by atoms with Crippen LogP contribution >= 0.6 is 0 Å². The molecule has 0 aromatic heterocycles. The standard InChI is InChI=1S/C17H19N3O5S/c1-24-14-3-5-15(6-4-14)25-10-8-18-17(21)13-2-7-16-19-26(22,23)11-9-20(16)12-13/h2-7,12H,8-11H2,1H3,(H,18,21). The fourth-order valence-electron chi connectivity index (χ4n) is 2.44. The number of methoxy groups -OCH3 is 1.